The normalized spacial score (nSPS) is 11.8. The predicted octanol–water partition coefficient (Wildman–Crippen LogP) is 6.73. The number of hydrogen-bond acceptors (Lipinski definition) is 3. The van der Waals surface area contributed by atoms with Crippen LogP contribution >= 0.6 is 0 Å². The van der Waals surface area contributed by atoms with Gasteiger partial charge in [-0.3, -0.25) is 4.79 Å². The van der Waals surface area contributed by atoms with Crippen molar-refractivity contribution in [2.24, 2.45) is 0 Å². The number of para-hydroxylation sites is 1. The highest BCUT2D eigenvalue weighted by Crippen LogP contribution is 2.38. The number of carbonyl (C=O) groups excluding carboxylic acids is 1. The summed E-state index contributed by atoms with van der Waals surface area (Å²) in [6.45, 7) is 1.14. The van der Waals surface area contributed by atoms with Gasteiger partial charge in [0.25, 0.3) is 0 Å². The van der Waals surface area contributed by atoms with Crippen molar-refractivity contribution in [2.45, 2.75) is 25.3 Å². The lowest BCUT2D eigenvalue weighted by Crippen LogP contribution is -2.27. The molecule has 0 unspecified atom stereocenters. The third-order valence-corrected chi connectivity index (χ3v) is 7.21. The summed E-state index contributed by atoms with van der Waals surface area (Å²) in [6, 6.07) is 30.6. The fraction of sp³-hybridized carbons (Fsp3) is 0.206. The molecule has 0 fully saturated rings. The molecule has 1 N–H and O–H groups in total. The molecule has 1 heterocycles. The Balaban J connectivity index is 1.50. The van der Waals surface area contributed by atoms with E-state index >= 15 is 0 Å². The van der Waals surface area contributed by atoms with E-state index in [9.17, 15) is 9.18 Å². The van der Waals surface area contributed by atoms with Crippen molar-refractivity contribution in [2.75, 3.05) is 20.8 Å². The molecule has 6 heteroatoms. The van der Waals surface area contributed by atoms with Crippen LogP contribution in [0.1, 0.15) is 34.6 Å². The van der Waals surface area contributed by atoms with Crippen LogP contribution in [0.2, 0.25) is 0 Å². The lowest BCUT2D eigenvalue weighted by molar-refractivity contribution is -0.121. The molecule has 4 aromatic carbocycles. The first-order valence-electron chi connectivity index (χ1n) is 13.4. The van der Waals surface area contributed by atoms with Gasteiger partial charge in [-0.1, -0.05) is 60.7 Å². The molecule has 5 rings (SSSR count). The molecule has 0 bridgehead atoms. The first kappa shape index (κ1) is 27.0. The maximum Gasteiger partial charge on any atom is 0.220 e. The molecule has 0 radical (unpaired) electrons. The molecule has 1 amide bonds. The molecule has 5 nitrogen and oxygen atoms in total. The highest BCUT2D eigenvalue weighted by molar-refractivity contribution is 5.87. The molecular weight excluding hydrogens is 503 g/mol. The summed E-state index contributed by atoms with van der Waals surface area (Å²) in [5.41, 5.74) is 5.18. The van der Waals surface area contributed by atoms with Crippen LogP contribution in [0.5, 0.6) is 11.5 Å². The predicted molar refractivity (Wildman–Crippen MR) is 157 cm³/mol. The maximum absolute atomic E-state index is 13.5. The van der Waals surface area contributed by atoms with Crippen LogP contribution in [-0.4, -0.2) is 31.2 Å². The van der Waals surface area contributed by atoms with Crippen molar-refractivity contribution in [1.82, 2.24) is 9.88 Å². The summed E-state index contributed by atoms with van der Waals surface area (Å²) in [4.78, 5) is 13.3. The van der Waals surface area contributed by atoms with Crippen LogP contribution in [0.4, 0.5) is 4.39 Å². The van der Waals surface area contributed by atoms with Gasteiger partial charge in [-0.15, -0.1) is 0 Å². The zero-order valence-electron chi connectivity index (χ0n) is 22.8. The zero-order chi connectivity index (χ0) is 27.9. The van der Waals surface area contributed by atoms with Gasteiger partial charge in [-0.05, 0) is 59.0 Å². The monoisotopic (exact) mass is 536 g/mol. The Morgan fingerprint density at radius 1 is 0.850 bits per heavy atom. The molecular formula is C34H33FN2O3. The SMILES string of the molecule is COc1cc(OC)cc([C@H](CC(=O)NCCc2ccccc2)c2cn(Cc3ccc(F)cc3)c3ccccc23)c1. The van der Waals surface area contributed by atoms with E-state index in [0.717, 1.165) is 34.0 Å². The second kappa shape index (κ2) is 12.5. The number of hydrogen-bond donors (Lipinski definition) is 1. The molecule has 0 spiro atoms. The number of halogens is 1. The van der Waals surface area contributed by atoms with Crippen LogP contribution in [-0.2, 0) is 17.8 Å². The van der Waals surface area contributed by atoms with Crippen LogP contribution in [0.3, 0.4) is 0 Å². The molecule has 0 aliphatic heterocycles. The van der Waals surface area contributed by atoms with Gasteiger partial charge in [0.2, 0.25) is 5.91 Å². The molecule has 0 aliphatic rings. The van der Waals surface area contributed by atoms with Gasteiger partial charge in [0.15, 0.2) is 0 Å². The highest BCUT2D eigenvalue weighted by atomic mass is 19.1. The van der Waals surface area contributed by atoms with Crippen LogP contribution in [0, 0.1) is 5.82 Å². The Hall–Kier alpha value is -4.58. The molecule has 5 aromatic rings. The van der Waals surface area contributed by atoms with Gasteiger partial charge in [-0.25, -0.2) is 4.39 Å². The fourth-order valence-electron chi connectivity index (χ4n) is 5.16. The minimum atomic E-state index is -0.257. The summed E-state index contributed by atoms with van der Waals surface area (Å²) in [5, 5.41) is 4.18. The average molecular weight is 537 g/mol. The quantitative estimate of drug-likeness (QED) is 0.204. The van der Waals surface area contributed by atoms with Gasteiger partial charge in [0, 0.05) is 48.6 Å². The number of rotatable bonds is 11. The van der Waals surface area contributed by atoms with Crippen molar-refractivity contribution < 1.29 is 18.7 Å². The molecule has 0 saturated carbocycles. The number of carbonyl (C=O) groups is 1. The Labute approximate surface area is 234 Å². The lowest BCUT2D eigenvalue weighted by atomic mass is 9.87. The Bertz CT molecular complexity index is 1560. The first-order valence-corrected chi connectivity index (χ1v) is 13.4. The maximum atomic E-state index is 13.5. The molecule has 204 valence electrons. The Kier molecular flexibility index (Phi) is 8.45. The lowest BCUT2D eigenvalue weighted by Gasteiger charge is -2.19. The standard InChI is InChI=1S/C34H33FN2O3/c1-39-28-18-26(19-29(20-28)40-2)31(21-34(38)36-17-16-24-8-4-3-5-9-24)32-23-37(33-11-7-6-10-30(32)33)22-25-12-14-27(35)15-13-25/h3-15,18-20,23,31H,16-17,21-22H2,1-2H3,(H,36,38)/t31-/m0/s1. The van der Waals surface area contributed by atoms with Gasteiger partial charge in [-0.2, -0.15) is 0 Å². The second-order valence-electron chi connectivity index (χ2n) is 9.84. The highest BCUT2D eigenvalue weighted by Gasteiger charge is 2.24. The number of aromatic nitrogens is 1. The van der Waals surface area contributed by atoms with E-state index in [0.29, 0.717) is 24.6 Å². The van der Waals surface area contributed by atoms with E-state index in [1.807, 2.05) is 48.5 Å². The molecule has 0 saturated heterocycles. The van der Waals surface area contributed by atoms with Crippen molar-refractivity contribution in [3.8, 4) is 11.5 Å². The molecule has 0 aliphatic carbocycles. The Morgan fingerprint density at radius 3 is 2.23 bits per heavy atom. The summed E-state index contributed by atoms with van der Waals surface area (Å²) < 4.78 is 26.8. The minimum Gasteiger partial charge on any atom is -0.497 e. The van der Waals surface area contributed by atoms with Crippen LogP contribution in [0.25, 0.3) is 10.9 Å². The van der Waals surface area contributed by atoms with Crippen molar-refractivity contribution in [3.05, 3.63) is 131 Å². The average Bonchev–Trinajstić information content (AvgIpc) is 3.35. The van der Waals surface area contributed by atoms with E-state index in [4.69, 9.17) is 9.47 Å². The van der Waals surface area contributed by atoms with E-state index in [2.05, 4.69) is 40.3 Å². The largest absolute Gasteiger partial charge is 0.497 e. The van der Waals surface area contributed by atoms with Gasteiger partial charge < -0.3 is 19.4 Å². The number of ether oxygens (including phenoxy) is 2. The second-order valence-corrected chi connectivity index (χ2v) is 9.84. The number of methoxy groups -OCH3 is 2. The smallest absolute Gasteiger partial charge is 0.220 e. The third kappa shape index (κ3) is 6.34. The topological polar surface area (TPSA) is 52.5 Å². The minimum absolute atomic E-state index is 0.0296. The number of amides is 1. The van der Waals surface area contributed by atoms with Crippen LogP contribution < -0.4 is 14.8 Å². The third-order valence-electron chi connectivity index (χ3n) is 7.21. The number of nitrogens with one attached hydrogen (secondary N) is 1. The van der Waals surface area contributed by atoms with E-state index < -0.39 is 0 Å². The van der Waals surface area contributed by atoms with E-state index in [-0.39, 0.29) is 24.1 Å². The molecule has 1 atom stereocenters. The number of benzene rings is 4. The van der Waals surface area contributed by atoms with Gasteiger partial charge >= 0.3 is 0 Å². The van der Waals surface area contributed by atoms with Crippen molar-refractivity contribution in [1.29, 1.82) is 0 Å². The molecule has 40 heavy (non-hydrogen) atoms. The van der Waals surface area contributed by atoms with E-state index in [1.165, 1.54) is 17.7 Å². The van der Waals surface area contributed by atoms with E-state index in [1.54, 1.807) is 26.4 Å². The summed E-state index contributed by atoms with van der Waals surface area (Å²) in [5.74, 6) is 0.795. The van der Waals surface area contributed by atoms with Crippen molar-refractivity contribution in [3.63, 3.8) is 0 Å². The summed E-state index contributed by atoms with van der Waals surface area (Å²) >= 11 is 0. The zero-order valence-corrected chi connectivity index (χ0v) is 22.8. The number of fused-ring (bicyclic) bond motifs is 1. The van der Waals surface area contributed by atoms with Gasteiger partial charge in [0.05, 0.1) is 14.2 Å². The molecule has 1 aromatic heterocycles. The summed E-state index contributed by atoms with van der Waals surface area (Å²) in [7, 11) is 3.25. The Morgan fingerprint density at radius 2 is 1.52 bits per heavy atom. The van der Waals surface area contributed by atoms with Crippen molar-refractivity contribution >= 4 is 16.8 Å². The number of nitrogens with zero attached hydrogens (tertiary/aromatic N) is 1. The van der Waals surface area contributed by atoms with Crippen LogP contribution in [0.15, 0.2) is 103 Å². The van der Waals surface area contributed by atoms with Gasteiger partial charge in [0.1, 0.15) is 17.3 Å². The first-order chi connectivity index (χ1) is 19.5. The summed E-state index contributed by atoms with van der Waals surface area (Å²) in [6.07, 6.45) is 3.14. The fourth-order valence-corrected chi connectivity index (χ4v) is 5.16.